The summed E-state index contributed by atoms with van der Waals surface area (Å²) >= 11 is 2.84. The summed E-state index contributed by atoms with van der Waals surface area (Å²) in [6.45, 7) is 9.42. The molecule has 0 aliphatic carbocycles. The second kappa shape index (κ2) is 14.2. The van der Waals surface area contributed by atoms with E-state index in [1.807, 2.05) is 44.2 Å². The summed E-state index contributed by atoms with van der Waals surface area (Å²) in [6, 6.07) is 16.4. The van der Waals surface area contributed by atoms with Gasteiger partial charge in [-0.2, -0.15) is 0 Å². The number of ether oxygens (including phenoxy) is 2. The lowest BCUT2D eigenvalue weighted by Crippen LogP contribution is -2.27. The smallest absolute Gasteiger partial charge is 0.338 e. The zero-order chi connectivity index (χ0) is 28.3. The van der Waals surface area contributed by atoms with Crippen LogP contribution >= 0.6 is 22.7 Å². The number of nitrogens with zero attached hydrogens (tertiary/aromatic N) is 6. The third kappa shape index (κ3) is 7.87. The number of aromatic nitrogens is 1. The van der Waals surface area contributed by atoms with Crippen molar-refractivity contribution < 1.29 is 19.1 Å². The van der Waals surface area contributed by atoms with Crippen LogP contribution in [0.2, 0.25) is 0 Å². The van der Waals surface area contributed by atoms with E-state index in [-0.39, 0.29) is 12.6 Å². The molecule has 4 aromatic rings. The first-order valence-electron chi connectivity index (χ1n) is 12.6. The second-order valence-corrected chi connectivity index (χ2v) is 10.3. The normalized spacial score (nSPS) is 11.3. The van der Waals surface area contributed by atoms with Crippen LogP contribution in [0.4, 0.5) is 27.2 Å². The SMILES string of the molecule is C=CC(=O)OCCN(CC)c1ccc(/N=N/c2nc3sc(/N=N/c4ccc(C(=O)OCCC)cc4)cc3s2)cc1. The van der Waals surface area contributed by atoms with E-state index in [9.17, 15) is 9.59 Å². The van der Waals surface area contributed by atoms with Crippen LogP contribution in [-0.4, -0.2) is 43.2 Å². The summed E-state index contributed by atoms with van der Waals surface area (Å²) in [6.07, 6.45) is 1.94. The fraction of sp³-hybridized carbons (Fsp3) is 0.250. The Morgan fingerprint density at radius 2 is 1.62 bits per heavy atom. The van der Waals surface area contributed by atoms with Crippen LogP contribution in [0.3, 0.4) is 0 Å². The predicted octanol–water partition coefficient (Wildman–Crippen LogP) is 8.31. The minimum absolute atomic E-state index is 0.286. The van der Waals surface area contributed by atoms with Crippen molar-refractivity contribution >= 4 is 71.3 Å². The number of likely N-dealkylation sites (N-methyl/N-ethyl adjacent to an activating group) is 1. The van der Waals surface area contributed by atoms with Crippen molar-refractivity contribution in [2.45, 2.75) is 20.3 Å². The van der Waals surface area contributed by atoms with Crippen molar-refractivity contribution in [3.05, 3.63) is 72.8 Å². The van der Waals surface area contributed by atoms with Gasteiger partial charge in [-0.25, -0.2) is 14.6 Å². The van der Waals surface area contributed by atoms with Gasteiger partial charge in [0.25, 0.3) is 0 Å². The molecule has 2 aromatic carbocycles. The Labute approximate surface area is 239 Å². The van der Waals surface area contributed by atoms with Crippen LogP contribution in [0, 0.1) is 0 Å². The molecule has 0 aliphatic heterocycles. The minimum atomic E-state index is -0.427. The molecule has 4 rings (SSSR count). The van der Waals surface area contributed by atoms with Crippen LogP contribution in [0.1, 0.15) is 30.6 Å². The van der Waals surface area contributed by atoms with Crippen molar-refractivity contribution in [1.82, 2.24) is 4.98 Å². The first-order valence-corrected chi connectivity index (χ1v) is 14.3. The minimum Gasteiger partial charge on any atom is -0.462 e. The number of carbonyl (C=O) groups is 2. The van der Waals surface area contributed by atoms with Crippen molar-refractivity contribution in [2.75, 3.05) is 31.2 Å². The van der Waals surface area contributed by atoms with E-state index in [0.717, 1.165) is 39.3 Å². The molecule has 0 spiro atoms. The summed E-state index contributed by atoms with van der Waals surface area (Å²) in [5.74, 6) is -0.771. The van der Waals surface area contributed by atoms with Crippen LogP contribution in [0.15, 0.2) is 87.7 Å². The Hall–Kier alpha value is -4.29. The van der Waals surface area contributed by atoms with Gasteiger partial charge in [0.05, 0.1) is 34.8 Å². The fourth-order valence-corrected chi connectivity index (χ4v) is 5.32. The van der Waals surface area contributed by atoms with Crippen LogP contribution in [0.5, 0.6) is 0 Å². The molecule has 0 fully saturated rings. The maximum absolute atomic E-state index is 11.9. The highest BCUT2D eigenvalue weighted by atomic mass is 32.1. The number of hydrogen-bond donors (Lipinski definition) is 0. The molecule has 12 heteroatoms. The molecule has 0 saturated carbocycles. The largest absolute Gasteiger partial charge is 0.462 e. The van der Waals surface area contributed by atoms with Gasteiger partial charge in [-0.3, -0.25) is 0 Å². The van der Waals surface area contributed by atoms with Gasteiger partial charge in [-0.1, -0.05) is 36.2 Å². The van der Waals surface area contributed by atoms with Crippen molar-refractivity contribution in [3.8, 4) is 0 Å². The number of anilines is 1. The Morgan fingerprint density at radius 1 is 0.925 bits per heavy atom. The fourth-order valence-electron chi connectivity index (χ4n) is 3.47. The molecular formula is C28H28N6O4S2. The molecule has 10 nitrogen and oxygen atoms in total. The molecule has 2 aromatic heterocycles. The molecule has 2 heterocycles. The predicted molar refractivity (Wildman–Crippen MR) is 158 cm³/mol. The van der Waals surface area contributed by atoms with E-state index in [2.05, 4.69) is 36.9 Å². The molecule has 0 N–H and O–H groups in total. The molecule has 0 aliphatic rings. The summed E-state index contributed by atoms with van der Waals surface area (Å²) in [5, 5.41) is 18.4. The number of carbonyl (C=O) groups excluding carboxylic acids is 2. The van der Waals surface area contributed by atoms with E-state index >= 15 is 0 Å². The van der Waals surface area contributed by atoms with Crippen molar-refractivity contribution in [1.29, 1.82) is 0 Å². The van der Waals surface area contributed by atoms with E-state index in [4.69, 9.17) is 9.47 Å². The molecule has 0 unspecified atom stereocenters. The summed E-state index contributed by atoms with van der Waals surface area (Å²) in [4.78, 5) is 30.6. The standard InChI is InChI=1S/C28H28N6O4S2/c1-4-16-38-27(36)19-7-9-20(10-8-19)30-32-24-18-23-26(40-24)29-28(39-23)33-31-21-11-13-22(14-12-21)34(6-3)15-17-37-25(35)5-2/h5,7-14,18H,2,4,6,15-17H2,1,3H3/b32-30+,33-31+. The maximum atomic E-state index is 11.9. The zero-order valence-corrected chi connectivity index (χ0v) is 23.8. The highest BCUT2D eigenvalue weighted by Gasteiger charge is 2.10. The van der Waals surface area contributed by atoms with E-state index < -0.39 is 5.97 Å². The van der Waals surface area contributed by atoms with Crippen molar-refractivity contribution in [2.24, 2.45) is 20.5 Å². The molecule has 40 heavy (non-hydrogen) atoms. The number of esters is 2. The lowest BCUT2D eigenvalue weighted by Gasteiger charge is -2.22. The second-order valence-electron chi connectivity index (χ2n) is 8.30. The van der Waals surface area contributed by atoms with Crippen molar-refractivity contribution in [3.63, 3.8) is 0 Å². The lowest BCUT2D eigenvalue weighted by atomic mass is 10.2. The number of thiazole rings is 1. The molecule has 0 atom stereocenters. The first-order chi connectivity index (χ1) is 19.5. The van der Waals surface area contributed by atoms with Gasteiger partial charge in [0, 0.05) is 18.3 Å². The quantitative estimate of drug-likeness (QED) is 0.0897. The van der Waals surface area contributed by atoms with Gasteiger partial charge in [0.1, 0.15) is 16.4 Å². The molecular weight excluding hydrogens is 548 g/mol. The number of benzene rings is 2. The van der Waals surface area contributed by atoms with E-state index in [1.54, 1.807) is 24.3 Å². The van der Waals surface area contributed by atoms with E-state index in [0.29, 0.717) is 35.2 Å². The maximum Gasteiger partial charge on any atom is 0.338 e. The zero-order valence-electron chi connectivity index (χ0n) is 22.1. The topological polar surface area (TPSA) is 118 Å². The van der Waals surface area contributed by atoms with Gasteiger partial charge in [0.15, 0.2) is 0 Å². The monoisotopic (exact) mass is 576 g/mol. The lowest BCUT2D eigenvalue weighted by molar-refractivity contribution is -0.137. The van der Waals surface area contributed by atoms with Crippen LogP contribution in [-0.2, 0) is 14.3 Å². The number of fused-ring (bicyclic) bond motifs is 1. The van der Waals surface area contributed by atoms with Crippen LogP contribution in [0.25, 0.3) is 9.53 Å². The molecule has 0 radical (unpaired) electrons. The van der Waals surface area contributed by atoms with Crippen LogP contribution < -0.4 is 4.90 Å². The highest BCUT2D eigenvalue weighted by molar-refractivity contribution is 7.30. The third-order valence-electron chi connectivity index (χ3n) is 5.49. The highest BCUT2D eigenvalue weighted by Crippen LogP contribution is 2.39. The summed E-state index contributed by atoms with van der Waals surface area (Å²) in [7, 11) is 0. The van der Waals surface area contributed by atoms with Gasteiger partial charge >= 0.3 is 11.9 Å². The van der Waals surface area contributed by atoms with Gasteiger partial charge < -0.3 is 14.4 Å². The van der Waals surface area contributed by atoms with Gasteiger partial charge in [-0.05, 0) is 67.9 Å². The average Bonchev–Trinajstić information content (AvgIpc) is 3.55. The Morgan fingerprint density at radius 3 is 2.27 bits per heavy atom. The van der Waals surface area contributed by atoms with Gasteiger partial charge in [-0.15, -0.1) is 20.5 Å². The average molecular weight is 577 g/mol. The molecule has 0 saturated heterocycles. The Balaban J connectivity index is 1.33. The Bertz CT molecular complexity index is 1480. The Kier molecular flexibility index (Phi) is 10.2. The number of azo groups is 2. The number of thiophene rings is 1. The molecule has 0 bridgehead atoms. The first kappa shape index (κ1) is 28.7. The summed E-state index contributed by atoms with van der Waals surface area (Å²) < 4.78 is 11.2. The number of rotatable bonds is 13. The third-order valence-corrected chi connectivity index (χ3v) is 7.42. The number of hydrogen-bond acceptors (Lipinski definition) is 12. The van der Waals surface area contributed by atoms with Gasteiger partial charge in [0.2, 0.25) is 5.13 Å². The molecule has 0 amide bonds. The summed E-state index contributed by atoms with van der Waals surface area (Å²) in [5.41, 5.74) is 2.82. The molecule has 206 valence electrons. The van der Waals surface area contributed by atoms with E-state index in [1.165, 1.54) is 22.7 Å².